The summed E-state index contributed by atoms with van der Waals surface area (Å²) in [7, 11) is 0. The first kappa shape index (κ1) is 20.4. The van der Waals surface area contributed by atoms with E-state index in [4.69, 9.17) is 4.42 Å². The molecule has 0 fully saturated rings. The molecule has 0 saturated heterocycles. The number of benzene rings is 1. The summed E-state index contributed by atoms with van der Waals surface area (Å²) >= 11 is 0. The molecule has 0 atom stereocenters. The van der Waals surface area contributed by atoms with Gasteiger partial charge in [-0.1, -0.05) is 12.1 Å². The summed E-state index contributed by atoms with van der Waals surface area (Å²) in [5, 5.41) is 7.24. The monoisotopic (exact) mass is 432 g/mol. The van der Waals surface area contributed by atoms with E-state index in [1.807, 2.05) is 0 Å². The summed E-state index contributed by atoms with van der Waals surface area (Å²) in [5.74, 6) is -1.28. The number of carbonyl (C=O) groups excluding carboxylic acids is 2. The van der Waals surface area contributed by atoms with Gasteiger partial charge < -0.3 is 14.5 Å². The first-order valence-corrected chi connectivity index (χ1v) is 9.06. The van der Waals surface area contributed by atoms with Gasteiger partial charge in [0.05, 0.1) is 12.7 Å². The summed E-state index contributed by atoms with van der Waals surface area (Å²) in [4.78, 5) is 28.9. The second-order valence-electron chi connectivity index (χ2n) is 6.71. The number of amides is 1. The molecule has 0 bridgehead atoms. The van der Waals surface area contributed by atoms with Crippen molar-refractivity contribution in [1.29, 1.82) is 0 Å². The molecule has 11 heteroatoms. The number of rotatable bonds is 5. The second kappa shape index (κ2) is 7.74. The van der Waals surface area contributed by atoms with Crippen LogP contribution in [0.2, 0.25) is 0 Å². The Morgan fingerprint density at radius 1 is 1.23 bits per heavy atom. The molecule has 4 aromatic rings. The van der Waals surface area contributed by atoms with Crippen LogP contribution in [0, 0.1) is 6.92 Å². The summed E-state index contributed by atoms with van der Waals surface area (Å²) < 4.78 is 48.3. The first-order valence-electron chi connectivity index (χ1n) is 9.06. The molecule has 0 unspecified atom stereocenters. The molecule has 0 aliphatic carbocycles. The molecule has 1 N–H and O–H groups in total. The minimum absolute atomic E-state index is 0.0201. The fourth-order valence-electron chi connectivity index (χ4n) is 2.97. The van der Waals surface area contributed by atoms with Gasteiger partial charge in [0.2, 0.25) is 0 Å². The maximum atomic E-state index is 12.5. The summed E-state index contributed by atoms with van der Waals surface area (Å²) in [6.45, 7) is 0.0765. The Balaban J connectivity index is 1.51. The topological polar surface area (TPSA) is 98.7 Å². The summed E-state index contributed by atoms with van der Waals surface area (Å²) in [6, 6.07) is 7.77. The fourth-order valence-corrected chi connectivity index (χ4v) is 2.97. The van der Waals surface area contributed by atoms with Gasteiger partial charge in [0.25, 0.3) is 5.91 Å². The molecule has 0 radical (unpaired) electrons. The van der Waals surface area contributed by atoms with Gasteiger partial charge in [0, 0.05) is 17.3 Å². The molecule has 4 rings (SSSR count). The number of nitrogens with one attached hydrogen (secondary N) is 1. The quantitative estimate of drug-likeness (QED) is 0.485. The van der Waals surface area contributed by atoms with Crippen LogP contribution in [-0.4, -0.2) is 39.3 Å². The van der Waals surface area contributed by atoms with Crippen LogP contribution >= 0.6 is 0 Å². The van der Waals surface area contributed by atoms with E-state index < -0.39 is 24.7 Å². The van der Waals surface area contributed by atoms with Crippen LogP contribution < -0.4 is 5.32 Å². The van der Waals surface area contributed by atoms with Gasteiger partial charge >= 0.3 is 12.1 Å². The van der Waals surface area contributed by atoms with E-state index in [1.54, 1.807) is 31.3 Å². The van der Waals surface area contributed by atoms with Gasteiger partial charge in [-0.2, -0.15) is 18.3 Å². The highest BCUT2D eigenvalue weighted by Gasteiger charge is 2.30. The molecule has 1 amide bonds. The Labute approximate surface area is 172 Å². The zero-order chi connectivity index (χ0) is 22.2. The third-order valence-electron chi connectivity index (χ3n) is 4.36. The van der Waals surface area contributed by atoms with E-state index in [0.29, 0.717) is 16.8 Å². The van der Waals surface area contributed by atoms with Crippen molar-refractivity contribution >= 4 is 28.5 Å². The molecular weight excluding hydrogens is 417 g/mol. The van der Waals surface area contributed by atoms with Crippen LogP contribution in [0.25, 0.3) is 16.6 Å². The van der Waals surface area contributed by atoms with Crippen molar-refractivity contribution in [2.24, 2.45) is 0 Å². The normalized spacial score (nSPS) is 11.7. The van der Waals surface area contributed by atoms with Gasteiger partial charge in [-0.05, 0) is 25.1 Å². The predicted octanol–water partition coefficient (Wildman–Crippen LogP) is 3.43. The van der Waals surface area contributed by atoms with E-state index in [0.717, 1.165) is 5.69 Å². The van der Waals surface area contributed by atoms with Crippen molar-refractivity contribution in [3.63, 3.8) is 0 Å². The van der Waals surface area contributed by atoms with Crippen molar-refractivity contribution < 1.29 is 31.9 Å². The zero-order valence-corrected chi connectivity index (χ0v) is 16.1. The van der Waals surface area contributed by atoms with Gasteiger partial charge in [-0.25, -0.2) is 14.3 Å². The van der Waals surface area contributed by atoms with Crippen molar-refractivity contribution in [3.8, 4) is 0 Å². The Hall–Kier alpha value is -3.89. The second-order valence-corrected chi connectivity index (χ2v) is 6.71. The summed E-state index contributed by atoms with van der Waals surface area (Å²) in [6.07, 6.45) is -1.55. The van der Waals surface area contributed by atoms with Gasteiger partial charge in [-0.3, -0.25) is 4.79 Å². The number of nitrogens with zero attached hydrogens (tertiary/aromatic N) is 3. The van der Waals surface area contributed by atoms with Crippen LogP contribution in [0.3, 0.4) is 0 Å². The molecule has 3 aromatic heterocycles. The predicted molar refractivity (Wildman–Crippen MR) is 101 cm³/mol. The molecule has 160 valence electrons. The Kier molecular flexibility index (Phi) is 5.09. The van der Waals surface area contributed by atoms with Crippen LogP contribution in [0.5, 0.6) is 0 Å². The lowest BCUT2D eigenvalue weighted by molar-refractivity contribution is -0.161. The summed E-state index contributed by atoms with van der Waals surface area (Å²) in [5.41, 5.74) is 1.34. The van der Waals surface area contributed by atoms with Crippen molar-refractivity contribution in [2.45, 2.75) is 19.6 Å². The minimum Gasteiger partial charge on any atom is -0.458 e. The molecule has 31 heavy (non-hydrogen) atoms. The molecule has 8 nitrogen and oxygen atoms in total. The van der Waals surface area contributed by atoms with E-state index in [2.05, 4.69) is 20.1 Å². The van der Waals surface area contributed by atoms with Gasteiger partial charge in [-0.15, -0.1) is 0 Å². The molecular formula is C20H15F3N4O4. The van der Waals surface area contributed by atoms with Gasteiger partial charge in [0.15, 0.2) is 12.3 Å². The SMILES string of the molecule is Cc1ccn2ncc(C(=O)NCc3cc4cccc(C(=O)OCC(F)(F)F)c4o3)c2n1. The number of fused-ring (bicyclic) bond motifs is 2. The maximum Gasteiger partial charge on any atom is 0.422 e. The molecule has 1 aromatic carbocycles. The number of para-hydroxylation sites is 1. The number of hydrogen-bond donors (Lipinski definition) is 1. The van der Waals surface area contributed by atoms with Crippen LogP contribution in [0.4, 0.5) is 13.2 Å². The zero-order valence-electron chi connectivity index (χ0n) is 16.1. The third kappa shape index (κ3) is 4.34. The minimum atomic E-state index is -4.63. The molecule has 3 heterocycles. The number of halogens is 3. The van der Waals surface area contributed by atoms with E-state index in [9.17, 15) is 22.8 Å². The first-order chi connectivity index (χ1) is 14.7. The Morgan fingerprint density at radius 2 is 2.03 bits per heavy atom. The fraction of sp³-hybridized carbons (Fsp3) is 0.200. The highest BCUT2D eigenvalue weighted by atomic mass is 19.4. The molecule has 0 aliphatic heterocycles. The lowest BCUT2D eigenvalue weighted by atomic mass is 10.1. The number of alkyl halides is 3. The van der Waals surface area contributed by atoms with Crippen molar-refractivity contribution in [1.82, 2.24) is 19.9 Å². The van der Waals surface area contributed by atoms with Crippen LogP contribution in [0.1, 0.15) is 32.2 Å². The van der Waals surface area contributed by atoms with E-state index >= 15 is 0 Å². The lowest BCUT2D eigenvalue weighted by Gasteiger charge is -2.07. The van der Waals surface area contributed by atoms with Crippen molar-refractivity contribution in [3.05, 3.63) is 65.3 Å². The highest BCUT2D eigenvalue weighted by Crippen LogP contribution is 2.25. The maximum absolute atomic E-state index is 12.5. The van der Waals surface area contributed by atoms with Crippen molar-refractivity contribution in [2.75, 3.05) is 6.61 Å². The van der Waals surface area contributed by atoms with E-state index in [-0.39, 0.29) is 23.3 Å². The van der Waals surface area contributed by atoms with Gasteiger partial charge in [0.1, 0.15) is 22.5 Å². The smallest absolute Gasteiger partial charge is 0.422 e. The number of aryl methyl sites for hydroxylation is 1. The number of hydrogen-bond acceptors (Lipinski definition) is 6. The average Bonchev–Trinajstić information content (AvgIpc) is 3.32. The van der Waals surface area contributed by atoms with Crippen LogP contribution in [-0.2, 0) is 11.3 Å². The number of ether oxygens (including phenoxy) is 1. The number of aromatic nitrogens is 3. The van der Waals surface area contributed by atoms with Crippen LogP contribution in [0.15, 0.2) is 47.1 Å². The Morgan fingerprint density at radius 3 is 2.81 bits per heavy atom. The highest BCUT2D eigenvalue weighted by molar-refractivity contribution is 6.02. The molecule has 0 spiro atoms. The number of esters is 1. The lowest BCUT2D eigenvalue weighted by Crippen LogP contribution is -2.22. The molecule has 0 aliphatic rings. The largest absolute Gasteiger partial charge is 0.458 e. The Bertz CT molecular complexity index is 1290. The standard InChI is InChI=1S/C20H15F3N4O4/c1-11-5-6-27-17(26-11)15(9-25-27)18(28)24-8-13-7-12-3-2-4-14(16(12)31-13)19(29)30-10-20(21,22)23/h2-7,9H,8,10H2,1H3,(H,24,28). The third-order valence-corrected chi connectivity index (χ3v) is 4.36. The number of carbonyl (C=O) groups is 2. The number of furan rings is 1. The molecule has 0 saturated carbocycles. The average molecular weight is 432 g/mol. The van der Waals surface area contributed by atoms with E-state index in [1.165, 1.54) is 22.8 Å².